The second-order valence-corrected chi connectivity index (χ2v) is 6.18. The van der Waals surface area contributed by atoms with Gasteiger partial charge in [-0.15, -0.1) is 0 Å². The first-order valence-corrected chi connectivity index (χ1v) is 8.10. The minimum Gasteiger partial charge on any atom is -0.365 e. The molecule has 3 rings (SSSR count). The van der Waals surface area contributed by atoms with Crippen molar-refractivity contribution in [1.29, 1.82) is 5.26 Å². The summed E-state index contributed by atoms with van der Waals surface area (Å²) in [6, 6.07) is 14.0. The van der Waals surface area contributed by atoms with Crippen LogP contribution in [0.4, 0.5) is 28.9 Å². The summed E-state index contributed by atoms with van der Waals surface area (Å²) >= 11 is 0. The van der Waals surface area contributed by atoms with Gasteiger partial charge in [0.25, 0.3) is 0 Å². The van der Waals surface area contributed by atoms with Crippen LogP contribution in [0.15, 0.2) is 36.4 Å². The van der Waals surface area contributed by atoms with Crippen LogP contribution in [-0.2, 0) is 6.18 Å². The van der Waals surface area contributed by atoms with Gasteiger partial charge in [0.1, 0.15) is 5.56 Å². The third-order valence-electron chi connectivity index (χ3n) is 4.53. The second kappa shape index (κ2) is 6.87. The lowest BCUT2D eigenvalue weighted by atomic mass is 10.0. The topological polar surface area (TPSA) is 30.3 Å². The van der Waals surface area contributed by atoms with E-state index in [9.17, 15) is 17.6 Å². The first-order chi connectivity index (χ1) is 12.3. The maximum Gasteiger partial charge on any atom is 0.420 e. The highest BCUT2D eigenvalue weighted by atomic mass is 19.4. The van der Waals surface area contributed by atoms with Gasteiger partial charge in [0.05, 0.1) is 17.3 Å². The molecule has 0 saturated carbocycles. The Morgan fingerprint density at radius 2 is 1.85 bits per heavy atom. The molecule has 2 aromatic carbocycles. The lowest BCUT2D eigenvalue weighted by Gasteiger charge is -2.42. The summed E-state index contributed by atoms with van der Waals surface area (Å²) in [4.78, 5) is 3.72. The Morgan fingerprint density at radius 1 is 1.15 bits per heavy atom. The van der Waals surface area contributed by atoms with Gasteiger partial charge in [0.2, 0.25) is 0 Å². The number of alkyl halides is 3. The molecular formula is C19H16F4N3. The fraction of sp³-hybridized carbons (Fsp3) is 0.316. The monoisotopic (exact) mass is 362 g/mol. The number of hydrogen-bond acceptors (Lipinski definition) is 3. The van der Waals surface area contributed by atoms with Crippen molar-refractivity contribution in [2.24, 2.45) is 0 Å². The minimum atomic E-state index is -4.92. The zero-order valence-corrected chi connectivity index (χ0v) is 14.0. The predicted octanol–water partition coefficient (Wildman–Crippen LogP) is 4.23. The molecule has 0 amide bonds. The van der Waals surface area contributed by atoms with Crippen LogP contribution in [0.1, 0.15) is 18.1 Å². The first kappa shape index (κ1) is 18.1. The lowest BCUT2D eigenvalue weighted by molar-refractivity contribution is -0.140. The highest BCUT2D eigenvalue weighted by Gasteiger charge is 2.39. The molecule has 0 N–H and O–H groups in total. The van der Waals surface area contributed by atoms with E-state index in [1.165, 1.54) is 12.1 Å². The van der Waals surface area contributed by atoms with Gasteiger partial charge in [-0.25, -0.2) is 4.39 Å². The largest absolute Gasteiger partial charge is 0.420 e. The number of nitrogens with zero attached hydrogens (tertiary/aromatic N) is 3. The molecule has 26 heavy (non-hydrogen) atoms. The Labute approximate surface area is 149 Å². The van der Waals surface area contributed by atoms with Crippen molar-refractivity contribution in [2.45, 2.75) is 19.1 Å². The van der Waals surface area contributed by atoms with Gasteiger partial charge in [-0.2, -0.15) is 18.4 Å². The van der Waals surface area contributed by atoms with Crippen LogP contribution in [0.2, 0.25) is 0 Å². The van der Waals surface area contributed by atoms with Crippen LogP contribution in [-0.4, -0.2) is 25.7 Å². The molecule has 0 aromatic heterocycles. The molecule has 0 unspecified atom stereocenters. The van der Waals surface area contributed by atoms with Gasteiger partial charge in [-0.1, -0.05) is 12.1 Å². The van der Waals surface area contributed by atoms with Crippen LogP contribution in [0, 0.1) is 23.2 Å². The van der Waals surface area contributed by atoms with E-state index in [4.69, 9.17) is 5.26 Å². The van der Waals surface area contributed by atoms with Crippen LogP contribution < -0.4 is 9.80 Å². The predicted molar refractivity (Wildman–Crippen MR) is 90.4 cm³/mol. The average molecular weight is 362 g/mol. The van der Waals surface area contributed by atoms with Crippen molar-refractivity contribution in [3.63, 3.8) is 0 Å². The number of nitriles is 1. The summed E-state index contributed by atoms with van der Waals surface area (Å²) in [5.41, 5.74) is -1.33. The van der Waals surface area contributed by atoms with Crippen molar-refractivity contribution < 1.29 is 17.6 Å². The molecular weight excluding hydrogens is 346 g/mol. The third-order valence-corrected chi connectivity index (χ3v) is 4.53. The highest BCUT2D eigenvalue weighted by molar-refractivity contribution is 5.58. The molecule has 0 spiro atoms. The minimum absolute atomic E-state index is 0.0180. The summed E-state index contributed by atoms with van der Waals surface area (Å²) in [5.74, 6) is -1.38. The Morgan fingerprint density at radius 3 is 2.42 bits per heavy atom. The molecule has 1 saturated heterocycles. The van der Waals surface area contributed by atoms with E-state index in [0.717, 1.165) is 11.8 Å². The summed E-state index contributed by atoms with van der Waals surface area (Å²) < 4.78 is 54.2. The van der Waals surface area contributed by atoms with Gasteiger partial charge in [-0.05, 0) is 37.3 Å². The zero-order valence-electron chi connectivity index (χ0n) is 14.0. The van der Waals surface area contributed by atoms with Crippen LogP contribution >= 0.6 is 0 Å². The Balaban J connectivity index is 1.89. The van der Waals surface area contributed by atoms with Crippen LogP contribution in [0.25, 0.3) is 0 Å². The third kappa shape index (κ3) is 3.32. The number of halogens is 4. The number of anilines is 2. The van der Waals surface area contributed by atoms with E-state index in [0.29, 0.717) is 19.6 Å². The molecule has 2 aromatic rings. The van der Waals surface area contributed by atoms with Crippen molar-refractivity contribution >= 4 is 11.4 Å². The van der Waals surface area contributed by atoms with Gasteiger partial charge in [0, 0.05) is 31.4 Å². The van der Waals surface area contributed by atoms with E-state index in [2.05, 4.69) is 11.0 Å². The van der Waals surface area contributed by atoms with Gasteiger partial charge >= 0.3 is 6.18 Å². The quantitative estimate of drug-likeness (QED) is 0.749. The first-order valence-electron chi connectivity index (χ1n) is 8.10. The molecule has 1 fully saturated rings. The Kier molecular flexibility index (Phi) is 4.77. The van der Waals surface area contributed by atoms with Crippen molar-refractivity contribution in [3.8, 4) is 6.07 Å². The van der Waals surface area contributed by atoms with Crippen LogP contribution in [0.3, 0.4) is 0 Å². The molecule has 1 aliphatic heterocycles. The van der Waals surface area contributed by atoms with Gasteiger partial charge < -0.3 is 9.80 Å². The lowest BCUT2D eigenvalue weighted by Crippen LogP contribution is -2.52. The van der Waals surface area contributed by atoms with Crippen LogP contribution in [0.5, 0.6) is 0 Å². The fourth-order valence-corrected chi connectivity index (χ4v) is 3.31. The molecule has 1 heterocycles. The molecule has 1 radical (unpaired) electrons. The molecule has 1 aliphatic rings. The van der Waals surface area contributed by atoms with Crippen molar-refractivity contribution in [2.75, 3.05) is 29.4 Å². The number of piperazine rings is 1. The van der Waals surface area contributed by atoms with E-state index in [1.54, 1.807) is 17.0 Å². The number of rotatable bonds is 2. The fourth-order valence-electron chi connectivity index (χ4n) is 3.31. The normalized spacial score (nSPS) is 17.9. The Bertz CT molecular complexity index is 827. The highest BCUT2D eigenvalue weighted by Crippen LogP contribution is 2.38. The standard InChI is InChI=1S/C19H16F4N3/c1-13-12-25(9-10-26(13)15-5-3-2-4-6-15)16-8-7-14(11-24)17(18(16)20)19(21,22)23/h3-8,13H,9-10,12H2,1H3/t13-/m0/s1. The maximum atomic E-state index is 14.6. The molecule has 0 bridgehead atoms. The van der Waals surface area contributed by atoms with Gasteiger partial charge in [0.15, 0.2) is 5.82 Å². The van der Waals surface area contributed by atoms with E-state index >= 15 is 0 Å². The summed E-state index contributed by atoms with van der Waals surface area (Å²) in [6.45, 7) is 3.24. The number of benzene rings is 2. The Hall–Kier alpha value is -2.75. The summed E-state index contributed by atoms with van der Waals surface area (Å²) in [5, 5.41) is 8.87. The summed E-state index contributed by atoms with van der Waals surface area (Å²) in [6.07, 6.45) is -4.92. The molecule has 3 nitrogen and oxygen atoms in total. The smallest absolute Gasteiger partial charge is 0.365 e. The average Bonchev–Trinajstić information content (AvgIpc) is 2.61. The summed E-state index contributed by atoms with van der Waals surface area (Å²) in [7, 11) is 0. The van der Waals surface area contributed by atoms with E-state index < -0.39 is 23.1 Å². The van der Waals surface area contributed by atoms with E-state index in [1.807, 2.05) is 19.1 Å². The van der Waals surface area contributed by atoms with Crippen molar-refractivity contribution in [3.05, 3.63) is 59.4 Å². The number of hydrogen-bond donors (Lipinski definition) is 0. The second-order valence-electron chi connectivity index (χ2n) is 6.18. The molecule has 1 atom stereocenters. The van der Waals surface area contributed by atoms with E-state index in [-0.39, 0.29) is 11.7 Å². The van der Waals surface area contributed by atoms with Crippen molar-refractivity contribution in [1.82, 2.24) is 0 Å². The molecule has 135 valence electrons. The maximum absolute atomic E-state index is 14.6. The molecule has 7 heteroatoms. The molecule has 0 aliphatic carbocycles. The SMILES string of the molecule is C[C@H]1CN(c2ccc(C#N)c(C(F)(F)F)c2F)CCN1c1cc[c]cc1. The zero-order chi connectivity index (χ0) is 18.9. The van der Waals surface area contributed by atoms with Gasteiger partial charge in [-0.3, -0.25) is 0 Å².